The summed E-state index contributed by atoms with van der Waals surface area (Å²) in [6.45, 7) is 7.43. The van der Waals surface area contributed by atoms with Gasteiger partial charge in [-0.05, 0) is 48.9 Å². The van der Waals surface area contributed by atoms with Gasteiger partial charge in [-0.1, -0.05) is 40.0 Å². The van der Waals surface area contributed by atoms with Gasteiger partial charge in [0.15, 0.2) is 0 Å². The van der Waals surface area contributed by atoms with Crippen molar-refractivity contribution >= 4 is 18.4 Å². The first-order valence-corrected chi connectivity index (χ1v) is 8.91. The molecule has 4 aliphatic rings. The Morgan fingerprint density at radius 1 is 1.18 bits per heavy atom. The Kier molecular flexibility index (Phi) is 5.82. The van der Waals surface area contributed by atoms with Gasteiger partial charge in [-0.2, -0.15) is 0 Å². The van der Waals surface area contributed by atoms with E-state index in [-0.39, 0.29) is 24.5 Å². The van der Waals surface area contributed by atoms with Gasteiger partial charge in [-0.25, -0.2) is 0 Å². The number of esters is 1. The molecule has 3 nitrogen and oxygen atoms in total. The van der Waals surface area contributed by atoms with Crippen molar-refractivity contribution in [1.82, 2.24) is 5.32 Å². The monoisotopic (exact) mass is 329 g/mol. The number of nitrogens with one attached hydrogen (secondary N) is 1. The third-order valence-electron chi connectivity index (χ3n) is 6.71. The zero-order valence-electron chi connectivity index (χ0n) is 14.3. The van der Waals surface area contributed by atoms with E-state index in [4.69, 9.17) is 4.74 Å². The van der Waals surface area contributed by atoms with Gasteiger partial charge < -0.3 is 10.1 Å². The van der Waals surface area contributed by atoms with Crippen LogP contribution in [0.2, 0.25) is 0 Å². The Balaban J connectivity index is 0.00000176. The number of carbonyl (C=O) groups is 1. The molecular formula is C18H32ClNO2. The molecule has 0 radical (unpaired) electrons. The van der Waals surface area contributed by atoms with Crippen molar-refractivity contribution in [3.05, 3.63) is 0 Å². The number of fused-ring (bicyclic) bond motifs is 2. The fraction of sp³-hybridized carbons (Fsp3) is 0.944. The van der Waals surface area contributed by atoms with Crippen LogP contribution in [0.25, 0.3) is 0 Å². The fourth-order valence-corrected chi connectivity index (χ4v) is 5.00. The van der Waals surface area contributed by atoms with Crippen LogP contribution in [0.5, 0.6) is 0 Å². The van der Waals surface area contributed by atoms with Gasteiger partial charge in [-0.15, -0.1) is 12.4 Å². The average molecular weight is 330 g/mol. The average Bonchev–Trinajstić information content (AvgIpc) is 2.47. The summed E-state index contributed by atoms with van der Waals surface area (Å²) in [4.78, 5) is 12.1. The van der Waals surface area contributed by atoms with Gasteiger partial charge in [0, 0.05) is 6.04 Å². The van der Waals surface area contributed by atoms with Crippen LogP contribution in [0.1, 0.15) is 65.7 Å². The van der Waals surface area contributed by atoms with Crippen molar-refractivity contribution in [2.75, 3.05) is 6.54 Å². The van der Waals surface area contributed by atoms with Crippen molar-refractivity contribution in [2.45, 2.75) is 77.9 Å². The summed E-state index contributed by atoms with van der Waals surface area (Å²) in [5.74, 6) is 1.96. The van der Waals surface area contributed by atoms with Crippen LogP contribution in [0, 0.1) is 23.2 Å². The molecule has 0 unspecified atom stereocenters. The second kappa shape index (κ2) is 7.09. The molecule has 128 valence electrons. The molecule has 0 amide bonds. The van der Waals surface area contributed by atoms with E-state index in [0.717, 1.165) is 18.3 Å². The van der Waals surface area contributed by atoms with Gasteiger partial charge in [0.05, 0.1) is 6.54 Å². The molecule has 4 heteroatoms. The molecule has 0 saturated heterocycles. The van der Waals surface area contributed by atoms with Crippen LogP contribution >= 0.6 is 12.4 Å². The third kappa shape index (κ3) is 3.46. The van der Waals surface area contributed by atoms with Crippen molar-refractivity contribution < 1.29 is 9.53 Å². The van der Waals surface area contributed by atoms with Gasteiger partial charge in [0.25, 0.3) is 0 Å². The Labute approximate surface area is 141 Å². The van der Waals surface area contributed by atoms with E-state index in [0.29, 0.717) is 23.9 Å². The lowest BCUT2D eigenvalue weighted by Crippen LogP contribution is -2.57. The predicted octanol–water partition coefficient (Wildman–Crippen LogP) is 3.94. The molecule has 4 saturated carbocycles. The molecular weight excluding hydrogens is 298 g/mol. The third-order valence-corrected chi connectivity index (χ3v) is 6.71. The van der Waals surface area contributed by atoms with Crippen LogP contribution in [-0.4, -0.2) is 24.7 Å². The molecule has 4 rings (SSSR count). The summed E-state index contributed by atoms with van der Waals surface area (Å²) in [6.07, 6.45) is 8.93. The fourth-order valence-electron chi connectivity index (χ4n) is 5.00. The van der Waals surface area contributed by atoms with Gasteiger partial charge in [-0.3, -0.25) is 4.79 Å². The Bertz CT molecular complexity index is 393. The molecule has 0 heterocycles. The highest BCUT2D eigenvalue weighted by Gasteiger charge is 2.57. The number of carbonyl (C=O) groups excluding carboxylic acids is 1. The zero-order chi connectivity index (χ0) is 15.0. The van der Waals surface area contributed by atoms with E-state index < -0.39 is 0 Å². The van der Waals surface area contributed by atoms with Crippen molar-refractivity contribution in [3.63, 3.8) is 0 Å². The summed E-state index contributed by atoms with van der Waals surface area (Å²) in [5, 5.41) is 3.39. The Morgan fingerprint density at radius 2 is 1.86 bits per heavy atom. The van der Waals surface area contributed by atoms with Gasteiger partial charge >= 0.3 is 5.97 Å². The molecule has 0 spiro atoms. The SMILES string of the molecule is C[C@@H]1[C@H]2C[C@@H](C[C@H]1OC(=O)CNC1CCCCC1)C2(C)C.Cl. The van der Waals surface area contributed by atoms with E-state index in [2.05, 4.69) is 26.1 Å². The minimum absolute atomic E-state index is 0. The second-order valence-corrected chi connectivity index (χ2v) is 8.20. The smallest absolute Gasteiger partial charge is 0.320 e. The van der Waals surface area contributed by atoms with E-state index in [1.165, 1.54) is 38.5 Å². The Hall–Kier alpha value is -0.280. The molecule has 1 N–H and O–H groups in total. The second-order valence-electron chi connectivity index (χ2n) is 8.20. The summed E-state index contributed by atoms with van der Waals surface area (Å²) >= 11 is 0. The first-order chi connectivity index (χ1) is 9.98. The first kappa shape index (κ1) is 18.1. The van der Waals surface area contributed by atoms with E-state index in [9.17, 15) is 4.79 Å². The van der Waals surface area contributed by atoms with Crippen LogP contribution in [0.15, 0.2) is 0 Å². The number of hydrogen-bond acceptors (Lipinski definition) is 3. The van der Waals surface area contributed by atoms with Crippen molar-refractivity contribution in [1.29, 1.82) is 0 Å². The zero-order valence-corrected chi connectivity index (χ0v) is 15.1. The van der Waals surface area contributed by atoms with E-state index in [1.807, 2.05) is 0 Å². The highest BCUT2D eigenvalue weighted by Crippen LogP contribution is 2.61. The first-order valence-electron chi connectivity index (χ1n) is 8.91. The molecule has 4 atom stereocenters. The quantitative estimate of drug-likeness (QED) is 0.794. The predicted molar refractivity (Wildman–Crippen MR) is 91.2 cm³/mol. The Morgan fingerprint density at radius 3 is 2.45 bits per heavy atom. The topological polar surface area (TPSA) is 38.3 Å². The number of hydrogen-bond donors (Lipinski definition) is 1. The van der Waals surface area contributed by atoms with Crippen molar-refractivity contribution in [3.8, 4) is 0 Å². The molecule has 4 aliphatic carbocycles. The normalized spacial score (nSPS) is 36.9. The van der Waals surface area contributed by atoms with Gasteiger partial charge in [0.1, 0.15) is 6.10 Å². The minimum atomic E-state index is -0.0449. The standard InChI is InChI=1S/C18H31NO2.ClH/c1-12-15-9-13(18(15,2)3)10-16(12)21-17(20)11-19-14-7-5-4-6-8-14;/h12-16,19H,4-11H2,1-3H3;1H/t12-,13+,15-,16-;/m1./s1. The molecule has 4 fully saturated rings. The summed E-state index contributed by atoms with van der Waals surface area (Å²) in [6, 6.07) is 0.530. The van der Waals surface area contributed by atoms with Crippen LogP contribution in [0.4, 0.5) is 0 Å². The van der Waals surface area contributed by atoms with Crippen LogP contribution < -0.4 is 5.32 Å². The maximum absolute atomic E-state index is 12.1. The number of halogens is 1. The van der Waals surface area contributed by atoms with Crippen LogP contribution in [0.3, 0.4) is 0 Å². The molecule has 0 aromatic carbocycles. The molecule has 2 bridgehead atoms. The lowest BCUT2D eigenvalue weighted by molar-refractivity contribution is -0.185. The molecule has 0 aromatic heterocycles. The highest BCUT2D eigenvalue weighted by molar-refractivity contribution is 5.85. The largest absolute Gasteiger partial charge is 0.461 e. The van der Waals surface area contributed by atoms with Gasteiger partial charge in [0.2, 0.25) is 0 Å². The minimum Gasteiger partial charge on any atom is -0.461 e. The maximum atomic E-state index is 12.1. The molecule has 0 aromatic rings. The molecule has 0 aliphatic heterocycles. The highest BCUT2D eigenvalue weighted by atomic mass is 35.5. The lowest BCUT2D eigenvalue weighted by atomic mass is 9.45. The lowest BCUT2D eigenvalue weighted by Gasteiger charge is -2.61. The summed E-state index contributed by atoms with van der Waals surface area (Å²) in [5.41, 5.74) is 0.461. The summed E-state index contributed by atoms with van der Waals surface area (Å²) < 4.78 is 5.79. The number of ether oxygens (including phenoxy) is 1. The van der Waals surface area contributed by atoms with E-state index in [1.54, 1.807) is 0 Å². The molecule has 22 heavy (non-hydrogen) atoms. The summed E-state index contributed by atoms with van der Waals surface area (Å²) in [7, 11) is 0. The maximum Gasteiger partial charge on any atom is 0.320 e. The van der Waals surface area contributed by atoms with Crippen molar-refractivity contribution in [2.24, 2.45) is 23.2 Å². The van der Waals surface area contributed by atoms with Crippen LogP contribution in [-0.2, 0) is 9.53 Å². The van der Waals surface area contributed by atoms with E-state index >= 15 is 0 Å². The number of rotatable bonds is 4.